The van der Waals surface area contributed by atoms with Crippen LogP contribution in [0.3, 0.4) is 0 Å². The SMILES string of the molecule is CCC(C)C(=O)N1CCN(S(=O)(=O)c2ccc(C(C)(C)C)cc2)CC1. The van der Waals surface area contributed by atoms with Gasteiger partial charge in [0.05, 0.1) is 4.90 Å². The lowest BCUT2D eigenvalue weighted by Crippen LogP contribution is -2.51. The Balaban J connectivity index is 2.08. The van der Waals surface area contributed by atoms with E-state index in [1.54, 1.807) is 17.0 Å². The van der Waals surface area contributed by atoms with Crippen LogP contribution in [0.4, 0.5) is 0 Å². The minimum Gasteiger partial charge on any atom is -0.340 e. The average Bonchev–Trinajstić information content (AvgIpc) is 2.60. The van der Waals surface area contributed by atoms with Crippen molar-refractivity contribution in [2.75, 3.05) is 26.2 Å². The second kappa shape index (κ2) is 7.46. The molecule has 1 heterocycles. The standard InChI is InChI=1S/C19H30N2O3S/c1-6-15(2)18(22)20-11-13-21(14-12-20)25(23,24)17-9-7-16(8-10-17)19(3,4)5/h7-10,15H,6,11-14H2,1-5H3. The fourth-order valence-electron chi connectivity index (χ4n) is 2.91. The summed E-state index contributed by atoms with van der Waals surface area (Å²) in [4.78, 5) is 14.3. The molecule has 1 aromatic rings. The first-order valence-electron chi connectivity index (χ1n) is 8.97. The Morgan fingerprint density at radius 3 is 2.04 bits per heavy atom. The highest BCUT2D eigenvalue weighted by atomic mass is 32.2. The maximum atomic E-state index is 12.8. The zero-order valence-corrected chi connectivity index (χ0v) is 16.8. The fourth-order valence-corrected chi connectivity index (χ4v) is 4.33. The number of carbonyl (C=O) groups excluding carboxylic acids is 1. The van der Waals surface area contributed by atoms with E-state index in [0.717, 1.165) is 12.0 Å². The smallest absolute Gasteiger partial charge is 0.243 e. The number of nitrogens with zero attached hydrogens (tertiary/aromatic N) is 2. The van der Waals surface area contributed by atoms with Gasteiger partial charge in [0.15, 0.2) is 0 Å². The first kappa shape index (κ1) is 19.9. The van der Waals surface area contributed by atoms with Crippen LogP contribution in [0.1, 0.15) is 46.6 Å². The Bertz CT molecular complexity index is 697. The molecule has 1 amide bonds. The van der Waals surface area contributed by atoms with Gasteiger partial charge in [0.25, 0.3) is 0 Å². The number of benzene rings is 1. The molecule has 1 fully saturated rings. The summed E-state index contributed by atoms with van der Waals surface area (Å²) in [6, 6.07) is 7.14. The molecule has 0 bridgehead atoms. The molecule has 1 aliphatic heterocycles. The van der Waals surface area contributed by atoms with Crippen LogP contribution in [0.25, 0.3) is 0 Å². The maximum Gasteiger partial charge on any atom is 0.243 e. The van der Waals surface area contributed by atoms with Crippen molar-refractivity contribution in [3.63, 3.8) is 0 Å². The molecule has 25 heavy (non-hydrogen) atoms. The summed E-state index contributed by atoms with van der Waals surface area (Å²) in [6.45, 7) is 11.8. The van der Waals surface area contributed by atoms with Crippen LogP contribution in [-0.4, -0.2) is 49.7 Å². The van der Waals surface area contributed by atoms with Crippen molar-refractivity contribution < 1.29 is 13.2 Å². The van der Waals surface area contributed by atoms with Crippen molar-refractivity contribution in [1.29, 1.82) is 0 Å². The van der Waals surface area contributed by atoms with Gasteiger partial charge >= 0.3 is 0 Å². The van der Waals surface area contributed by atoms with Gasteiger partial charge in [-0.05, 0) is 29.5 Å². The van der Waals surface area contributed by atoms with Gasteiger partial charge in [-0.2, -0.15) is 4.31 Å². The molecule has 1 unspecified atom stereocenters. The zero-order valence-electron chi connectivity index (χ0n) is 15.9. The van der Waals surface area contributed by atoms with Gasteiger partial charge in [0, 0.05) is 32.1 Å². The van der Waals surface area contributed by atoms with Crippen molar-refractivity contribution in [3.8, 4) is 0 Å². The van der Waals surface area contributed by atoms with Crippen LogP contribution >= 0.6 is 0 Å². The van der Waals surface area contributed by atoms with Crippen LogP contribution in [0.15, 0.2) is 29.2 Å². The summed E-state index contributed by atoms with van der Waals surface area (Å²) in [7, 11) is -3.50. The van der Waals surface area contributed by atoms with E-state index < -0.39 is 10.0 Å². The molecule has 0 spiro atoms. The fraction of sp³-hybridized carbons (Fsp3) is 0.632. The Morgan fingerprint density at radius 2 is 1.60 bits per heavy atom. The zero-order chi connectivity index (χ0) is 18.8. The molecular formula is C19H30N2O3S. The van der Waals surface area contributed by atoms with E-state index in [9.17, 15) is 13.2 Å². The van der Waals surface area contributed by atoms with E-state index in [4.69, 9.17) is 0 Å². The summed E-state index contributed by atoms with van der Waals surface area (Å²) in [5, 5.41) is 0. The number of hydrogen-bond donors (Lipinski definition) is 0. The summed E-state index contributed by atoms with van der Waals surface area (Å²) < 4.78 is 27.2. The number of rotatable bonds is 4. The van der Waals surface area contributed by atoms with Crippen molar-refractivity contribution >= 4 is 15.9 Å². The highest BCUT2D eigenvalue weighted by Gasteiger charge is 2.31. The van der Waals surface area contributed by atoms with E-state index >= 15 is 0 Å². The largest absolute Gasteiger partial charge is 0.340 e. The molecule has 5 nitrogen and oxygen atoms in total. The first-order valence-corrected chi connectivity index (χ1v) is 10.4. The Kier molecular flexibility index (Phi) is 5.94. The van der Waals surface area contributed by atoms with Gasteiger partial charge in [-0.25, -0.2) is 8.42 Å². The molecule has 1 saturated heterocycles. The lowest BCUT2D eigenvalue weighted by molar-refractivity contribution is -0.136. The average molecular weight is 367 g/mol. The second-order valence-electron chi connectivity index (χ2n) is 7.81. The highest BCUT2D eigenvalue weighted by Crippen LogP contribution is 2.25. The Hall–Kier alpha value is -1.40. The van der Waals surface area contributed by atoms with Crippen LogP contribution in [-0.2, 0) is 20.2 Å². The lowest BCUT2D eigenvalue weighted by atomic mass is 9.87. The van der Waals surface area contributed by atoms with Crippen LogP contribution in [0.2, 0.25) is 0 Å². The monoisotopic (exact) mass is 366 g/mol. The topological polar surface area (TPSA) is 57.7 Å². The highest BCUT2D eigenvalue weighted by molar-refractivity contribution is 7.89. The first-order chi connectivity index (χ1) is 11.6. The maximum absolute atomic E-state index is 12.8. The van der Waals surface area contributed by atoms with E-state index in [1.807, 2.05) is 26.0 Å². The number of carbonyl (C=O) groups is 1. The van der Waals surface area contributed by atoms with Gasteiger partial charge in [-0.15, -0.1) is 0 Å². The number of hydrogen-bond acceptors (Lipinski definition) is 3. The summed E-state index contributed by atoms with van der Waals surface area (Å²) in [5.74, 6) is 0.113. The van der Waals surface area contributed by atoms with E-state index in [-0.39, 0.29) is 17.2 Å². The van der Waals surface area contributed by atoms with Crippen LogP contribution in [0.5, 0.6) is 0 Å². The van der Waals surface area contributed by atoms with Crippen molar-refractivity contribution in [3.05, 3.63) is 29.8 Å². The predicted molar refractivity (Wildman–Crippen MR) is 99.9 cm³/mol. The molecule has 0 aromatic heterocycles. The quantitative estimate of drug-likeness (QED) is 0.823. The predicted octanol–water partition coefficient (Wildman–Crippen LogP) is 2.86. The Labute approximate surface area is 152 Å². The van der Waals surface area contributed by atoms with Gasteiger partial charge in [0.1, 0.15) is 0 Å². The van der Waals surface area contributed by atoms with Gasteiger partial charge in [-0.3, -0.25) is 4.79 Å². The lowest BCUT2D eigenvalue weighted by Gasteiger charge is -2.35. The van der Waals surface area contributed by atoms with Gasteiger partial charge in [0.2, 0.25) is 15.9 Å². The molecule has 0 aliphatic carbocycles. The molecule has 0 N–H and O–H groups in total. The van der Waals surface area contributed by atoms with Crippen molar-refractivity contribution in [2.45, 2.75) is 51.3 Å². The molecule has 1 aromatic carbocycles. The van der Waals surface area contributed by atoms with Crippen molar-refractivity contribution in [1.82, 2.24) is 9.21 Å². The van der Waals surface area contributed by atoms with Crippen molar-refractivity contribution in [2.24, 2.45) is 5.92 Å². The Morgan fingerprint density at radius 1 is 1.08 bits per heavy atom. The van der Waals surface area contributed by atoms with E-state index in [2.05, 4.69) is 20.8 Å². The molecule has 1 aliphatic rings. The number of piperazine rings is 1. The third kappa shape index (κ3) is 4.42. The minimum absolute atomic E-state index is 0.00639. The molecule has 140 valence electrons. The number of sulfonamides is 1. The van der Waals surface area contributed by atoms with Gasteiger partial charge in [-0.1, -0.05) is 46.8 Å². The second-order valence-corrected chi connectivity index (χ2v) is 9.75. The molecule has 0 saturated carbocycles. The normalized spacial score (nSPS) is 18.2. The summed E-state index contributed by atoms with van der Waals surface area (Å²) in [6.07, 6.45) is 0.803. The molecule has 0 radical (unpaired) electrons. The molecule has 6 heteroatoms. The minimum atomic E-state index is -3.50. The van der Waals surface area contributed by atoms with E-state index in [1.165, 1.54) is 4.31 Å². The number of amides is 1. The van der Waals surface area contributed by atoms with Crippen LogP contribution in [0, 0.1) is 5.92 Å². The third-order valence-electron chi connectivity index (χ3n) is 4.94. The van der Waals surface area contributed by atoms with Crippen LogP contribution < -0.4 is 0 Å². The molecule has 1 atom stereocenters. The molecular weight excluding hydrogens is 336 g/mol. The molecule has 2 rings (SSSR count). The van der Waals surface area contributed by atoms with E-state index in [0.29, 0.717) is 31.1 Å². The summed E-state index contributed by atoms with van der Waals surface area (Å²) >= 11 is 0. The third-order valence-corrected chi connectivity index (χ3v) is 6.86. The van der Waals surface area contributed by atoms with Gasteiger partial charge < -0.3 is 4.90 Å². The summed E-state index contributed by atoms with van der Waals surface area (Å²) in [5.41, 5.74) is 1.10.